The molecular weight excluding hydrogens is 400 g/mol. The molecule has 2 aromatic rings. The number of alkyl halides is 2. The van der Waals surface area contributed by atoms with E-state index >= 15 is 0 Å². The Labute approximate surface area is 161 Å². The number of methoxy groups -OCH3 is 1. The molecule has 0 saturated heterocycles. The first-order valence-corrected chi connectivity index (χ1v) is 7.90. The van der Waals surface area contributed by atoms with E-state index in [1.807, 2.05) is 0 Å². The van der Waals surface area contributed by atoms with Crippen molar-refractivity contribution < 1.29 is 27.8 Å². The molecular formula is C17H12ClF2N3O5. The van der Waals surface area contributed by atoms with Crippen molar-refractivity contribution in [1.82, 2.24) is 4.57 Å². The fourth-order valence-corrected chi connectivity index (χ4v) is 2.41. The summed E-state index contributed by atoms with van der Waals surface area (Å²) >= 11 is 5.80. The molecule has 1 heterocycles. The Kier molecular flexibility index (Phi) is 6.68. The van der Waals surface area contributed by atoms with Crippen LogP contribution in [0.15, 0.2) is 35.3 Å². The van der Waals surface area contributed by atoms with Crippen molar-refractivity contribution in [3.63, 3.8) is 0 Å². The molecule has 0 spiro atoms. The number of amides is 1. The molecule has 0 aliphatic heterocycles. The van der Waals surface area contributed by atoms with E-state index in [1.165, 1.54) is 12.1 Å². The second-order valence-electron chi connectivity index (χ2n) is 5.25. The van der Waals surface area contributed by atoms with Crippen LogP contribution in [0.5, 0.6) is 5.75 Å². The summed E-state index contributed by atoms with van der Waals surface area (Å²) in [6.07, 6.45) is 1.08. The number of carbonyl (C=O) groups is 2. The van der Waals surface area contributed by atoms with Gasteiger partial charge in [-0.1, -0.05) is 11.6 Å². The molecule has 0 aliphatic rings. The van der Waals surface area contributed by atoms with Crippen molar-refractivity contribution in [2.24, 2.45) is 0 Å². The van der Waals surface area contributed by atoms with Crippen LogP contribution >= 0.6 is 11.6 Å². The molecule has 1 amide bonds. The fraction of sp³-hybridized carbons (Fsp3) is 0.176. The predicted molar refractivity (Wildman–Crippen MR) is 93.5 cm³/mol. The molecule has 146 valence electrons. The van der Waals surface area contributed by atoms with E-state index in [4.69, 9.17) is 16.9 Å². The van der Waals surface area contributed by atoms with Gasteiger partial charge in [-0.15, -0.1) is 0 Å². The van der Waals surface area contributed by atoms with Crippen LogP contribution in [0.1, 0.15) is 15.9 Å². The van der Waals surface area contributed by atoms with Gasteiger partial charge in [0.2, 0.25) is 5.91 Å². The normalized spacial score (nSPS) is 10.3. The van der Waals surface area contributed by atoms with Crippen molar-refractivity contribution in [3.8, 4) is 11.8 Å². The smallest absolute Gasteiger partial charge is 0.387 e. The lowest BCUT2D eigenvalue weighted by molar-refractivity contribution is -0.116. The van der Waals surface area contributed by atoms with Crippen LogP contribution in [0, 0.1) is 11.3 Å². The number of anilines is 1. The van der Waals surface area contributed by atoms with Crippen LogP contribution < -0.4 is 15.6 Å². The number of rotatable bonds is 6. The number of pyridine rings is 1. The molecule has 1 N–H and O–H groups in total. The van der Waals surface area contributed by atoms with E-state index in [0.717, 1.165) is 30.0 Å². The number of nitrogens with one attached hydrogen (secondary N) is 1. The summed E-state index contributed by atoms with van der Waals surface area (Å²) in [7, 11) is 1.13. The lowest BCUT2D eigenvalue weighted by Crippen LogP contribution is -2.29. The van der Waals surface area contributed by atoms with E-state index < -0.39 is 30.6 Å². The van der Waals surface area contributed by atoms with Gasteiger partial charge in [-0.3, -0.25) is 9.59 Å². The SMILES string of the molecule is COC(=O)c1cc(C#N)c(=O)n(CC(=O)Nc2ccc(OC(F)F)c(Cl)c2)c1. The van der Waals surface area contributed by atoms with Crippen molar-refractivity contribution >= 4 is 29.2 Å². The van der Waals surface area contributed by atoms with Crippen LogP contribution in [-0.2, 0) is 16.1 Å². The van der Waals surface area contributed by atoms with E-state index in [-0.39, 0.29) is 27.6 Å². The number of nitriles is 1. The number of carbonyl (C=O) groups excluding carboxylic acids is 2. The Bertz CT molecular complexity index is 1020. The first-order chi connectivity index (χ1) is 13.2. The molecule has 0 radical (unpaired) electrons. The van der Waals surface area contributed by atoms with Gasteiger partial charge in [0.15, 0.2) is 0 Å². The summed E-state index contributed by atoms with van der Waals surface area (Å²) in [5, 5.41) is 11.3. The Hall–Kier alpha value is -3.45. The molecule has 0 fully saturated rings. The molecule has 1 aromatic heterocycles. The largest absolute Gasteiger partial charge is 0.465 e. The molecule has 28 heavy (non-hydrogen) atoms. The second kappa shape index (κ2) is 8.96. The summed E-state index contributed by atoms with van der Waals surface area (Å²) in [5.41, 5.74) is -1.03. The molecule has 11 heteroatoms. The monoisotopic (exact) mass is 411 g/mol. The number of aromatic nitrogens is 1. The minimum absolute atomic E-state index is 0.0806. The Morgan fingerprint density at radius 2 is 2.07 bits per heavy atom. The lowest BCUT2D eigenvalue weighted by Gasteiger charge is -2.11. The van der Waals surface area contributed by atoms with Crippen LogP contribution in [0.25, 0.3) is 0 Å². The lowest BCUT2D eigenvalue weighted by atomic mass is 10.2. The summed E-state index contributed by atoms with van der Waals surface area (Å²) in [6.45, 7) is -3.58. The summed E-state index contributed by atoms with van der Waals surface area (Å²) in [4.78, 5) is 36.0. The van der Waals surface area contributed by atoms with E-state index in [0.29, 0.717) is 0 Å². The van der Waals surface area contributed by atoms with E-state index in [9.17, 15) is 23.2 Å². The van der Waals surface area contributed by atoms with Gasteiger partial charge >= 0.3 is 12.6 Å². The van der Waals surface area contributed by atoms with Gasteiger partial charge in [-0.25, -0.2) is 4.79 Å². The zero-order chi connectivity index (χ0) is 20.8. The highest BCUT2D eigenvalue weighted by Crippen LogP contribution is 2.28. The molecule has 0 aliphatic carbocycles. The topological polar surface area (TPSA) is 110 Å². The Balaban J connectivity index is 2.21. The summed E-state index contributed by atoms with van der Waals surface area (Å²) in [6, 6.07) is 6.30. The van der Waals surface area contributed by atoms with Crippen molar-refractivity contribution in [3.05, 3.63) is 57.0 Å². The summed E-state index contributed by atoms with van der Waals surface area (Å²) in [5.74, 6) is -1.74. The van der Waals surface area contributed by atoms with Crippen molar-refractivity contribution in [2.75, 3.05) is 12.4 Å². The van der Waals surface area contributed by atoms with Gasteiger partial charge in [0, 0.05) is 11.9 Å². The highest BCUT2D eigenvalue weighted by Gasteiger charge is 2.15. The minimum Gasteiger partial charge on any atom is -0.465 e. The third-order valence-electron chi connectivity index (χ3n) is 3.37. The number of hydrogen-bond donors (Lipinski definition) is 1. The Morgan fingerprint density at radius 1 is 1.36 bits per heavy atom. The molecule has 0 unspecified atom stereocenters. The zero-order valence-corrected chi connectivity index (χ0v) is 15.0. The van der Waals surface area contributed by atoms with Gasteiger partial charge < -0.3 is 19.4 Å². The average Bonchev–Trinajstić information content (AvgIpc) is 2.64. The van der Waals surface area contributed by atoms with Gasteiger partial charge in [-0.05, 0) is 24.3 Å². The number of ether oxygens (including phenoxy) is 2. The van der Waals surface area contributed by atoms with Gasteiger partial charge in [0.05, 0.1) is 17.7 Å². The number of hydrogen-bond acceptors (Lipinski definition) is 6. The maximum absolute atomic E-state index is 12.2. The number of halogens is 3. The first-order valence-electron chi connectivity index (χ1n) is 7.52. The van der Waals surface area contributed by atoms with Crippen LogP contribution in [0.3, 0.4) is 0 Å². The molecule has 1 aromatic carbocycles. The Morgan fingerprint density at radius 3 is 2.64 bits per heavy atom. The maximum atomic E-state index is 12.2. The van der Waals surface area contributed by atoms with Gasteiger partial charge in [0.1, 0.15) is 23.9 Å². The number of benzene rings is 1. The third kappa shape index (κ3) is 5.05. The highest BCUT2D eigenvalue weighted by atomic mass is 35.5. The third-order valence-corrected chi connectivity index (χ3v) is 3.67. The average molecular weight is 412 g/mol. The van der Waals surface area contributed by atoms with Crippen LogP contribution in [0.4, 0.5) is 14.5 Å². The predicted octanol–water partition coefficient (Wildman–Crippen LogP) is 2.40. The standard InChI is InChI=1S/C17H12ClF2N3O5/c1-27-16(26)10-4-9(6-21)15(25)23(7-10)8-14(24)22-11-2-3-13(12(18)5-11)28-17(19)20/h2-5,7,17H,8H2,1H3,(H,22,24). The maximum Gasteiger partial charge on any atom is 0.387 e. The zero-order valence-electron chi connectivity index (χ0n) is 14.2. The van der Waals surface area contributed by atoms with Crippen molar-refractivity contribution in [2.45, 2.75) is 13.2 Å². The van der Waals surface area contributed by atoms with Crippen LogP contribution in [-0.4, -0.2) is 30.2 Å². The van der Waals surface area contributed by atoms with Crippen LogP contribution in [0.2, 0.25) is 5.02 Å². The van der Waals surface area contributed by atoms with E-state index in [1.54, 1.807) is 6.07 Å². The fourth-order valence-electron chi connectivity index (χ4n) is 2.19. The number of esters is 1. The highest BCUT2D eigenvalue weighted by molar-refractivity contribution is 6.32. The van der Waals surface area contributed by atoms with E-state index in [2.05, 4.69) is 14.8 Å². The number of nitrogens with zero attached hydrogens (tertiary/aromatic N) is 2. The molecule has 2 rings (SSSR count). The first kappa shape index (κ1) is 20.9. The van der Waals surface area contributed by atoms with Gasteiger partial charge in [-0.2, -0.15) is 14.0 Å². The minimum atomic E-state index is -3.05. The van der Waals surface area contributed by atoms with Crippen molar-refractivity contribution in [1.29, 1.82) is 5.26 Å². The molecule has 8 nitrogen and oxygen atoms in total. The second-order valence-corrected chi connectivity index (χ2v) is 5.66. The molecule has 0 atom stereocenters. The molecule has 0 bridgehead atoms. The summed E-state index contributed by atoms with van der Waals surface area (Å²) < 4.78 is 34.1. The quantitative estimate of drug-likeness (QED) is 0.731. The van der Waals surface area contributed by atoms with Gasteiger partial charge in [0.25, 0.3) is 5.56 Å². The molecule has 0 saturated carbocycles.